The Bertz CT molecular complexity index is 1100. The maximum Gasteiger partial charge on any atom is 0.273 e. The second-order valence-corrected chi connectivity index (χ2v) is 9.01. The monoisotopic (exact) mass is 508 g/mol. The fraction of sp³-hybridized carbons (Fsp3) is 0.318. The fourth-order valence-corrected chi connectivity index (χ4v) is 4.34. The number of hydrogen-bond acceptors (Lipinski definition) is 7. The van der Waals surface area contributed by atoms with E-state index in [1.165, 1.54) is 11.3 Å². The van der Waals surface area contributed by atoms with Crippen molar-refractivity contribution in [2.24, 2.45) is 0 Å². The SMILES string of the molecule is O=C(CCN(Cc1ccco1)C(=O)c1csc(Nc2ccc(Cl)c(Cl)c2)n1)N1CCOCC1. The standard InChI is InChI=1S/C22H22Cl2N4O4S/c23-17-4-3-15(12-18(17)24)25-22-26-19(14-33-22)21(30)28(13-16-2-1-9-32-16)6-5-20(29)27-7-10-31-11-8-27/h1-4,9,12,14H,5-8,10-11,13H2,(H,25,26). The number of furan rings is 1. The van der Waals surface area contributed by atoms with E-state index in [0.717, 1.165) is 0 Å². The second-order valence-electron chi connectivity index (χ2n) is 7.34. The van der Waals surface area contributed by atoms with Crippen molar-refractivity contribution >= 4 is 57.2 Å². The molecule has 0 spiro atoms. The van der Waals surface area contributed by atoms with Crippen LogP contribution in [0, 0.1) is 0 Å². The Morgan fingerprint density at radius 3 is 2.73 bits per heavy atom. The molecule has 0 bridgehead atoms. The molecule has 2 aromatic heterocycles. The summed E-state index contributed by atoms with van der Waals surface area (Å²) in [5, 5.41) is 6.23. The van der Waals surface area contributed by atoms with Gasteiger partial charge < -0.3 is 24.3 Å². The Labute approximate surface area is 205 Å². The van der Waals surface area contributed by atoms with Crippen LogP contribution in [0.15, 0.2) is 46.4 Å². The van der Waals surface area contributed by atoms with Crippen LogP contribution >= 0.6 is 34.5 Å². The molecule has 0 unspecified atom stereocenters. The minimum absolute atomic E-state index is 0.00389. The normalized spacial score (nSPS) is 13.7. The van der Waals surface area contributed by atoms with Crippen LogP contribution in [0.5, 0.6) is 0 Å². The number of nitrogens with one attached hydrogen (secondary N) is 1. The topological polar surface area (TPSA) is 87.9 Å². The number of thiazole rings is 1. The molecule has 0 radical (unpaired) electrons. The molecule has 0 atom stereocenters. The van der Waals surface area contributed by atoms with Crippen LogP contribution in [0.4, 0.5) is 10.8 Å². The third kappa shape index (κ3) is 6.26. The minimum Gasteiger partial charge on any atom is -0.467 e. The molecule has 4 rings (SSSR count). The van der Waals surface area contributed by atoms with Gasteiger partial charge in [0.05, 0.1) is 36.1 Å². The molecule has 33 heavy (non-hydrogen) atoms. The van der Waals surface area contributed by atoms with Crippen molar-refractivity contribution in [2.75, 3.05) is 38.2 Å². The van der Waals surface area contributed by atoms with Gasteiger partial charge >= 0.3 is 0 Å². The number of benzene rings is 1. The molecule has 1 aromatic carbocycles. The second kappa shape index (κ2) is 11.0. The lowest BCUT2D eigenvalue weighted by Gasteiger charge is -2.28. The molecule has 1 fully saturated rings. The number of nitrogens with zero attached hydrogens (tertiary/aromatic N) is 3. The third-order valence-electron chi connectivity index (χ3n) is 5.07. The molecule has 1 aliphatic heterocycles. The molecule has 0 aliphatic carbocycles. The van der Waals surface area contributed by atoms with Crippen LogP contribution in [0.25, 0.3) is 0 Å². The molecule has 11 heteroatoms. The van der Waals surface area contributed by atoms with Crippen molar-refractivity contribution in [1.29, 1.82) is 0 Å². The van der Waals surface area contributed by atoms with E-state index in [1.807, 2.05) is 0 Å². The average Bonchev–Trinajstić information content (AvgIpc) is 3.51. The highest BCUT2D eigenvalue weighted by Crippen LogP contribution is 2.28. The number of aromatic nitrogens is 1. The summed E-state index contributed by atoms with van der Waals surface area (Å²) in [6.45, 7) is 2.71. The predicted octanol–water partition coefficient (Wildman–Crippen LogP) is 4.68. The number of carbonyl (C=O) groups excluding carboxylic acids is 2. The van der Waals surface area contributed by atoms with Gasteiger partial charge in [0.15, 0.2) is 5.13 Å². The Hall–Kier alpha value is -2.59. The summed E-state index contributed by atoms with van der Waals surface area (Å²) < 4.78 is 10.7. The Morgan fingerprint density at radius 1 is 1.18 bits per heavy atom. The van der Waals surface area contributed by atoms with Crippen molar-refractivity contribution in [3.05, 3.63) is 63.5 Å². The summed E-state index contributed by atoms with van der Waals surface area (Å²) in [4.78, 5) is 33.6. The smallest absolute Gasteiger partial charge is 0.273 e. The molecule has 3 aromatic rings. The Balaban J connectivity index is 1.44. The Morgan fingerprint density at radius 2 is 2.00 bits per heavy atom. The number of anilines is 2. The molecule has 0 saturated carbocycles. The van der Waals surface area contributed by atoms with Gasteiger partial charge in [-0.25, -0.2) is 4.98 Å². The summed E-state index contributed by atoms with van der Waals surface area (Å²) in [5.41, 5.74) is 0.995. The molecule has 1 N–H and O–H groups in total. The van der Waals surface area contributed by atoms with E-state index in [1.54, 1.807) is 51.8 Å². The van der Waals surface area contributed by atoms with Gasteiger partial charge in [0.2, 0.25) is 5.91 Å². The zero-order valence-corrected chi connectivity index (χ0v) is 20.0. The molecule has 8 nitrogen and oxygen atoms in total. The zero-order chi connectivity index (χ0) is 23.2. The van der Waals surface area contributed by atoms with E-state index < -0.39 is 0 Å². The number of morpholine rings is 1. The molecule has 2 amide bonds. The van der Waals surface area contributed by atoms with Crippen molar-refractivity contribution in [2.45, 2.75) is 13.0 Å². The highest BCUT2D eigenvalue weighted by Gasteiger charge is 2.23. The van der Waals surface area contributed by atoms with Crippen LogP contribution in [0.1, 0.15) is 22.7 Å². The maximum atomic E-state index is 13.2. The van der Waals surface area contributed by atoms with Crippen molar-refractivity contribution in [1.82, 2.24) is 14.8 Å². The highest BCUT2D eigenvalue weighted by molar-refractivity contribution is 7.14. The average molecular weight is 509 g/mol. The Kier molecular flexibility index (Phi) is 7.87. The predicted molar refractivity (Wildman–Crippen MR) is 127 cm³/mol. The number of hydrogen-bond donors (Lipinski definition) is 1. The largest absolute Gasteiger partial charge is 0.467 e. The van der Waals surface area contributed by atoms with Crippen LogP contribution in [-0.4, -0.2) is 59.4 Å². The lowest BCUT2D eigenvalue weighted by molar-refractivity contribution is -0.135. The van der Waals surface area contributed by atoms with Crippen LogP contribution < -0.4 is 5.32 Å². The molecule has 1 aliphatic rings. The lowest BCUT2D eigenvalue weighted by Crippen LogP contribution is -2.42. The summed E-state index contributed by atoms with van der Waals surface area (Å²) in [7, 11) is 0. The summed E-state index contributed by atoms with van der Waals surface area (Å²) in [6.07, 6.45) is 1.77. The third-order valence-corrected chi connectivity index (χ3v) is 6.56. The summed E-state index contributed by atoms with van der Waals surface area (Å²) in [5.74, 6) is 0.349. The van der Waals surface area contributed by atoms with Gasteiger partial charge in [-0.3, -0.25) is 9.59 Å². The first-order valence-corrected chi connectivity index (χ1v) is 12.0. The molecule has 174 valence electrons. The molecule has 1 saturated heterocycles. The quantitative estimate of drug-likeness (QED) is 0.475. The molecular weight excluding hydrogens is 487 g/mol. The van der Waals surface area contributed by atoms with Gasteiger partial charge in [-0.15, -0.1) is 11.3 Å². The summed E-state index contributed by atoms with van der Waals surface area (Å²) >= 11 is 13.3. The van der Waals surface area contributed by atoms with Gasteiger partial charge in [-0.05, 0) is 30.3 Å². The van der Waals surface area contributed by atoms with E-state index in [-0.39, 0.29) is 37.0 Å². The maximum absolute atomic E-state index is 13.2. The first kappa shape index (κ1) is 23.6. The number of amides is 2. The van der Waals surface area contributed by atoms with E-state index in [2.05, 4.69) is 10.3 Å². The zero-order valence-electron chi connectivity index (χ0n) is 17.6. The van der Waals surface area contributed by atoms with Gasteiger partial charge in [0, 0.05) is 37.1 Å². The van der Waals surface area contributed by atoms with Crippen LogP contribution in [-0.2, 0) is 16.1 Å². The first-order chi connectivity index (χ1) is 16.0. The lowest BCUT2D eigenvalue weighted by atomic mass is 10.2. The minimum atomic E-state index is -0.278. The molecule has 3 heterocycles. The van der Waals surface area contributed by atoms with Gasteiger partial charge in [-0.1, -0.05) is 23.2 Å². The van der Waals surface area contributed by atoms with E-state index >= 15 is 0 Å². The summed E-state index contributed by atoms with van der Waals surface area (Å²) in [6, 6.07) is 8.70. The van der Waals surface area contributed by atoms with Gasteiger partial charge in [0.1, 0.15) is 11.5 Å². The van der Waals surface area contributed by atoms with Crippen molar-refractivity contribution < 1.29 is 18.7 Å². The number of ether oxygens (including phenoxy) is 1. The number of rotatable bonds is 8. The highest BCUT2D eigenvalue weighted by atomic mass is 35.5. The van der Waals surface area contributed by atoms with Crippen LogP contribution in [0.3, 0.4) is 0 Å². The van der Waals surface area contributed by atoms with Crippen molar-refractivity contribution in [3.63, 3.8) is 0 Å². The van der Waals surface area contributed by atoms with Gasteiger partial charge in [0.25, 0.3) is 5.91 Å². The van der Waals surface area contributed by atoms with E-state index in [9.17, 15) is 9.59 Å². The van der Waals surface area contributed by atoms with E-state index in [4.69, 9.17) is 32.4 Å². The molecular formula is C22H22Cl2N4O4S. The van der Waals surface area contributed by atoms with Gasteiger partial charge in [-0.2, -0.15) is 0 Å². The number of carbonyl (C=O) groups is 2. The van der Waals surface area contributed by atoms with Crippen LogP contribution in [0.2, 0.25) is 10.0 Å². The van der Waals surface area contributed by atoms with E-state index in [0.29, 0.717) is 52.9 Å². The number of halogens is 2. The van der Waals surface area contributed by atoms with Crippen molar-refractivity contribution in [3.8, 4) is 0 Å². The fourth-order valence-electron chi connectivity index (χ4n) is 3.33. The first-order valence-electron chi connectivity index (χ1n) is 10.3.